The topological polar surface area (TPSA) is 78.9 Å². The fraction of sp³-hybridized carbons (Fsp3) is 0.385. The third-order valence-corrected chi connectivity index (χ3v) is 3.56. The molecule has 1 fully saturated rings. The van der Waals surface area contributed by atoms with E-state index in [-0.39, 0.29) is 25.3 Å². The maximum atomic E-state index is 13.7. The van der Waals surface area contributed by atoms with Crippen LogP contribution >= 0.6 is 15.9 Å². The monoisotopic (exact) mass is 360 g/mol. The lowest BCUT2D eigenvalue weighted by Crippen LogP contribution is -2.51. The molecular formula is C13H14BrFN2O4. The second-order valence-corrected chi connectivity index (χ2v) is 5.49. The average Bonchev–Trinajstić information content (AvgIpc) is 2.42. The minimum atomic E-state index is -1.02. The molecule has 1 aliphatic heterocycles. The van der Waals surface area contributed by atoms with Crippen molar-refractivity contribution in [3.63, 3.8) is 0 Å². The van der Waals surface area contributed by atoms with E-state index in [4.69, 9.17) is 9.84 Å². The fourth-order valence-electron chi connectivity index (χ4n) is 2.07. The number of hydrogen-bond acceptors (Lipinski definition) is 3. The third kappa shape index (κ3) is 4.15. The molecule has 8 heteroatoms. The summed E-state index contributed by atoms with van der Waals surface area (Å²) in [4.78, 5) is 24.4. The molecule has 21 heavy (non-hydrogen) atoms. The maximum Gasteiger partial charge on any atom is 0.322 e. The first-order valence-electron chi connectivity index (χ1n) is 6.29. The van der Waals surface area contributed by atoms with Crippen LogP contribution < -0.4 is 5.32 Å². The normalized spacial score (nSPS) is 18.4. The van der Waals surface area contributed by atoms with E-state index < -0.39 is 23.9 Å². The first-order valence-corrected chi connectivity index (χ1v) is 7.09. The molecule has 0 radical (unpaired) electrons. The van der Waals surface area contributed by atoms with Crippen molar-refractivity contribution < 1.29 is 23.8 Å². The smallest absolute Gasteiger partial charge is 0.322 e. The van der Waals surface area contributed by atoms with Crippen molar-refractivity contribution in [2.75, 3.05) is 25.1 Å². The van der Waals surface area contributed by atoms with Crippen LogP contribution in [0.1, 0.15) is 6.42 Å². The number of halogens is 2. The lowest BCUT2D eigenvalue weighted by atomic mass is 10.1. The molecule has 2 rings (SSSR count). The molecule has 0 bridgehead atoms. The number of morpholine rings is 1. The number of hydrogen-bond donors (Lipinski definition) is 2. The highest BCUT2D eigenvalue weighted by Crippen LogP contribution is 2.20. The van der Waals surface area contributed by atoms with E-state index in [0.29, 0.717) is 11.1 Å². The summed E-state index contributed by atoms with van der Waals surface area (Å²) >= 11 is 3.13. The fourth-order valence-corrected chi connectivity index (χ4v) is 2.40. The summed E-state index contributed by atoms with van der Waals surface area (Å²) in [7, 11) is 0. The highest BCUT2D eigenvalue weighted by Gasteiger charge is 2.29. The van der Waals surface area contributed by atoms with Gasteiger partial charge in [-0.15, -0.1) is 0 Å². The number of nitrogens with zero attached hydrogens (tertiary/aromatic N) is 1. The Bertz CT molecular complexity index is 555. The molecule has 0 aliphatic carbocycles. The standard InChI is InChI=1S/C13H14BrFN2O4/c14-8-1-2-11(10(15)5-8)16-13(20)17-3-4-21-7-9(17)6-12(18)19/h1-2,5,9H,3-4,6-7H2,(H,16,20)(H,18,19). The van der Waals surface area contributed by atoms with Gasteiger partial charge in [0, 0.05) is 11.0 Å². The minimum Gasteiger partial charge on any atom is -0.481 e. The summed E-state index contributed by atoms with van der Waals surface area (Å²) in [5.41, 5.74) is 0.0452. The molecule has 6 nitrogen and oxygen atoms in total. The van der Waals surface area contributed by atoms with Crippen LogP contribution in [0, 0.1) is 5.82 Å². The van der Waals surface area contributed by atoms with E-state index in [1.54, 1.807) is 6.07 Å². The summed E-state index contributed by atoms with van der Waals surface area (Å²) in [6.07, 6.45) is -0.212. The van der Waals surface area contributed by atoms with Gasteiger partial charge in [-0.1, -0.05) is 15.9 Å². The molecule has 1 aromatic carbocycles. The summed E-state index contributed by atoms with van der Waals surface area (Å²) in [5.74, 6) is -1.58. The first kappa shape index (κ1) is 15.7. The van der Waals surface area contributed by atoms with Crippen molar-refractivity contribution in [1.29, 1.82) is 0 Å². The zero-order valence-corrected chi connectivity index (χ0v) is 12.6. The van der Waals surface area contributed by atoms with E-state index >= 15 is 0 Å². The van der Waals surface area contributed by atoms with Gasteiger partial charge in [0.15, 0.2) is 0 Å². The van der Waals surface area contributed by atoms with Gasteiger partial charge in [0.1, 0.15) is 5.82 Å². The van der Waals surface area contributed by atoms with Crippen molar-refractivity contribution in [1.82, 2.24) is 4.90 Å². The van der Waals surface area contributed by atoms with Gasteiger partial charge < -0.3 is 20.1 Å². The first-order chi connectivity index (χ1) is 9.97. The number of carboxylic acids is 1. The Morgan fingerprint density at radius 3 is 2.95 bits per heavy atom. The number of urea groups is 1. The number of aliphatic carboxylic acids is 1. The average molecular weight is 361 g/mol. The molecule has 1 heterocycles. The van der Waals surface area contributed by atoms with Gasteiger partial charge in [0.25, 0.3) is 0 Å². The summed E-state index contributed by atoms with van der Waals surface area (Å²) < 4.78 is 19.5. The van der Waals surface area contributed by atoms with E-state index in [9.17, 15) is 14.0 Å². The Balaban J connectivity index is 2.08. The maximum absolute atomic E-state index is 13.7. The molecule has 0 aromatic heterocycles. The van der Waals surface area contributed by atoms with Crippen molar-refractivity contribution in [3.05, 3.63) is 28.5 Å². The number of carbonyl (C=O) groups excluding carboxylic acids is 1. The van der Waals surface area contributed by atoms with Gasteiger partial charge >= 0.3 is 12.0 Å². The van der Waals surface area contributed by atoms with Crippen LogP contribution in [-0.4, -0.2) is 47.8 Å². The molecule has 114 valence electrons. The highest BCUT2D eigenvalue weighted by molar-refractivity contribution is 9.10. The Kier molecular flexibility index (Phi) is 5.13. The van der Waals surface area contributed by atoms with Crippen LogP contribution in [-0.2, 0) is 9.53 Å². The number of carbonyl (C=O) groups is 2. The quantitative estimate of drug-likeness (QED) is 0.866. The Morgan fingerprint density at radius 1 is 1.52 bits per heavy atom. The molecule has 1 saturated heterocycles. The van der Waals surface area contributed by atoms with E-state index in [1.807, 2.05) is 0 Å². The molecule has 2 N–H and O–H groups in total. The van der Waals surface area contributed by atoms with Crippen LogP contribution in [0.4, 0.5) is 14.9 Å². The van der Waals surface area contributed by atoms with E-state index in [2.05, 4.69) is 21.2 Å². The van der Waals surface area contributed by atoms with Gasteiger partial charge in [0.2, 0.25) is 0 Å². The number of nitrogens with one attached hydrogen (secondary N) is 1. The molecule has 1 atom stereocenters. The molecule has 2 amide bonds. The van der Waals surface area contributed by atoms with Crippen LogP contribution in [0.2, 0.25) is 0 Å². The predicted octanol–water partition coefficient (Wildman–Crippen LogP) is 2.30. The van der Waals surface area contributed by atoms with Crippen molar-refractivity contribution in [2.24, 2.45) is 0 Å². The van der Waals surface area contributed by atoms with Crippen molar-refractivity contribution >= 4 is 33.6 Å². The number of anilines is 1. The van der Waals surface area contributed by atoms with Crippen molar-refractivity contribution in [2.45, 2.75) is 12.5 Å². The van der Waals surface area contributed by atoms with E-state index in [0.717, 1.165) is 0 Å². The Labute approximate surface area is 129 Å². The number of rotatable bonds is 3. The lowest BCUT2D eigenvalue weighted by Gasteiger charge is -2.34. The second kappa shape index (κ2) is 6.86. The number of amides is 2. The van der Waals surface area contributed by atoms with Gasteiger partial charge in [0.05, 0.1) is 31.4 Å². The number of benzene rings is 1. The highest BCUT2D eigenvalue weighted by atomic mass is 79.9. The minimum absolute atomic E-state index is 0.0452. The number of ether oxygens (including phenoxy) is 1. The predicted molar refractivity (Wildman–Crippen MR) is 76.7 cm³/mol. The third-order valence-electron chi connectivity index (χ3n) is 3.07. The summed E-state index contributed by atoms with van der Waals surface area (Å²) in [6.45, 7) is 0.747. The van der Waals surface area contributed by atoms with Gasteiger partial charge in [-0.3, -0.25) is 4.79 Å². The van der Waals surface area contributed by atoms with Crippen LogP contribution in [0.3, 0.4) is 0 Å². The summed E-state index contributed by atoms with van der Waals surface area (Å²) in [5, 5.41) is 11.3. The van der Waals surface area contributed by atoms with Crippen LogP contribution in [0.15, 0.2) is 22.7 Å². The second-order valence-electron chi connectivity index (χ2n) is 4.57. The molecule has 1 unspecified atom stereocenters. The number of carboxylic acid groups (broad SMARTS) is 1. The lowest BCUT2D eigenvalue weighted by molar-refractivity contribution is -0.139. The molecular weight excluding hydrogens is 347 g/mol. The molecule has 1 aliphatic rings. The zero-order valence-electron chi connectivity index (χ0n) is 11.0. The van der Waals surface area contributed by atoms with Crippen molar-refractivity contribution in [3.8, 4) is 0 Å². The van der Waals surface area contributed by atoms with Crippen LogP contribution in [0.25, 0.3) is 0 Å². The molecule has 1 aromatic rings. The molecule has 0 saturated carbocycles. The zero-order chi connectivity index (χ0) is 15.4. The summed E-state index contributed by atoms with van der Waals surface area (Å²) in [6, 6.07) is 3.18. The largest absolute Gasteiger partial charge is 0.481 e. The van der Waals surface area contributed by atoms with Gasteiger partial charge in [-0.05, 0) is 18.2 Å². The van der Waals surface area contributed by atoms with Gasteiger partial charge in [-0.2, -0.15) is 0 Å². The molecule has 0 spiro atoms. The SMILES string of the molecule is O=C(O)CC1COCCN1C(=O)Nc1ccc(Br)cc1F. The van der Waals surface area contributed by atoms with E-state index in [1.165, 1.54) is 17.0 Å². The van der Waals surface area contributed by atoms with Gasteiger partial charge in [-0.25, -0.2) is 9.18 Å². The van der Waals surface area contributed by atoms with Crippen LogP contribution in [0.5, 0.6) is 0 Å². The Morgan fingerprint density at radius 2 is 2.29 bits per heavy atom. The Hall–Kier alpha value is -1.67.